The Bertz CT molecular complexity index is 1160. The van der Waals surface area contributed by atoms with Crippen LogP contribution in [0.3, 0.4) is 0 Å². The lowest BCUT2D eigenvalue weighted by atomic mass is 9.72. The molecule has 0 spiro atoms. The second kappa shape index (κ2) is 8.91. The average Bonchev–Trinajstić information content (AvgIpc) is 2.72. The molecular formula is C24H22Cl3N3. The third kappa shape index (κ3) is 4.03. The smallest absolute Gasteiger partial charge is 0.229 e. The number of pyridine rings is 2. The van der Waals surface area contributed by atoms with Gasteiger partial charge in [-0.05, 0) is 36.2 Å². The van der Waals surface area contributed by atoms with Crippen molar-refractivity contribution in [2.45, 2.75) is 24.8 Å². The number of quaternary nitrogens is 1. The van der Waals surface area contributed by atoms with E-state index >= 15 is 0 Å². The summed E-state index contributed by atoms with van der Waals surface area (Å²) in [5, 5.41) is 1.55. The van der Waals surface area contributed by atoms with Crippen molar-refractivity contribution in [1.82, 2.24) is 4.98 Å². The molecule has 1 saturated carbocycles. The van der Waals surface area contributed by atoms with Gasteiger partial charge in [-0.1, -0.05) is 54.1 Å². The van der Waals surface area contributed by atoms with Gasteiger partial charge < -0.3 is 30.5 Å². The van der Waals surface area contributed by atoms with Crippen LogP contribution in [0.25, 0.3) is 33.3 Å². The molecule has 0 bridgehead atoms. The molecule has 2 aromatic heterocycles. The van der Waals surface area contributed by atoms with Crippen molar-refractivity contribution in [3.8, 4) is 22.4 Å². The van der Waals surface area contributed by atoms with Gasteiger partial charge in [0.25, 0.3) is 0 Å². The molecule has 1 aliphatic rings. The zero-order chi connectivity index (χ0) is 19.1. The van der Waals surface area contributed by atoms with E-state index in [9.17, 15) is 0 Å². The molecule has 0 aliphatic heterocycles. The van der Waals surface area contributed by atoms with Gasteiger partial charge in [0.1, 0.15) is 16.9 Å². The van der Waals surface area contributed by atoms with Crippen molar-refractivity contribution >= 4 is 22.5 Å². The van der Waals surface area contributed by atoms with E-state index in [-0.39, 0.29) is 30.4 Å². The first-order valence-corrected chi connectivity index (χ1v) is 10.0. The molecule has 2 heterocycles. The van der Waals surface area contributed by atoms with E-state index in [1.54, 1.807) is 6.20 Å². The van der Waals surface area contributed by atoms with Crippen LogP contribution in [0.5, 0.6) is 0 Å². The van der Waals surface area contributed by atoms with Crippen molar-refractivity contribution < 1.29 is 35.5 Å². The summed E-state index contributed by atoms with van der Waals surface area (Å²) < 4.78 is 0. The number of rotatable bonds is 3. The number of hydrogen-bond donors (Lipinski definition) is 1. The minimum Gasteiger partial charge on any atom is -1.00 e. The van der Waals surface area contributed by atoms with Gasteiger partial charge in [-0.3, -0.25) is 0 Å². The summed E-state index contributed by atoms with van der Waals surface area (Å²) in [5.74, 6) is 0. The molecule has 0 unspecified atom stereocenters. The van der Waals surface area contributed by atoms with E-state index in [0.717, 1.165) is 27.7 Å². The summed E-state index contributed by atoms with van der Waals surface area (Å²) in [6, 6.07) is 23.4. The highest BCUT2D eigenvalue weighted by Gasteiger charge is 2.38. The van der Waals surface area contributed by atoms with E-state index < -0.39 is 0 Å². The van der Waals surface area contributed by atoms with Crippen molar-refractivity contribution in [2.24, 2.45) is 0 Å². The van der Waals surface area contributed by atoms with Gasteiger partial charge in [-0.2, -0.15) is 0 Å². The van der Waals surface area contributed by atoms with Crippen LogP contribution in [0.1, 0.15) is 24.8 Å². The zero-order valence-electron chi connectivity index (χ0n) is 16.3. The summed E-state index contributed by atoms with van der Waals surface area (Å²) in [5.41, 5.74) is 11.4. The van der Waals surface area contributed by atoms with Crippen molar-refractivity contribution in [3.63, 3.8) is 0 Å². The Labute approximate surface area is 193 Å². The third-order valence-electron chi connectivity index (χ3n) is 5.91. The molecule has 30 heavy (non-hydrogen) atoms. The van der Waals surface area contributed by atoms with Crippen LogP contribution in [0.15, 0.2) is 72.9 Å². The normalized spacial score (nSPS) is 14.3. The molecule has 1 aliphatic carbocycles. The fourth-order valence-corrected chi connectivity index (χ4v) is 4.22. The van der Waals surface area contributed by atoms with E-state index in [1.165, 1.54) is 30.4 Å². The van der Waals surface area contributed by atoms with E-state index in [2.05, 4.69) is 70.3 Å². The number of nitrogens with one attached hydrogen (secondary N) is 1. The number of hydrogen-bond acceptors (Lipinski definition) is 1. The second-order valence-electron chi connectivity index (χ2n) is 7.73. The highest BCUT2D eigenvalue weighted by Crippen LogP contribution is 2.38. The monoisotopic (exact) mass is 457 g/mol. The molecule has 4 N–H and O–H groups in total. The fourth-order valence-electron chi connectivity index (χ4n) is 4.05. The van der Waals surface area contributed by atoms with Crippen LogP contribution in [0.2, 0.25) is 5.15 Å². The Balaban J connectivity index is 0.00000128. The van der Waals surface area contributed by atoms with E-state index in [1.807, 2.05) is 12.1 Å². The predicted molar refractivity (Wildman–Crippen MR) is 113 cm³/mol. The molecule has 0 radical (unpaired) electrons. The minimum atomic E-state index is 0. The number of aromatic amines is 1. The lowest BCUT2D eigenvalue weighted by molar-refractivity contribution is -0.509. The van der Waals surface area contributed by atoms with Gasteiger partial charge >= 0.3 is 0 Å². The number of fused-ring (bicyclic) bond motifs is 1. The summed E-state index contributed by atoms with van der Waals surface area (Å²) in [7, 11) is 0. The predicted octanol–water partition coefficient (Wildman–Crippen LogP) is -1.33. The largest absolute Gasteiger partial charge is 1.00 e. The standard InChI is InChI=1S/C24H20ClN3.2ClH/c25-22-14-18-13-20(16-5-2-1-3-6-16)23(28-21(18)15-27-22)17-7-9-19(10-8-17)24(26)11-4-12-24;;/h1-3,5-10,13-15H,4,11-12,26H2;2*1H. The maximum Gasteiger partial charge on any atom is 0.229 e. The second-order valence-corrected chi connectivity index (χ2v) is 8.12. The van der Waals surface area contributed by atoms with Gasteiger partial charge in [0.15, 0.2) is 0 Å². The van der Waals surface area contributed by atoms with Crippen LogP contribution in [0, 0.1) is 0 Å². The molecule has 154 valence electrons. The average molecular weight is 459 g/mol. The number of benzene rings is 2. The quantitative estimate of drug-likeness (QED) is 0.380. The zero-order valence-corrected chi connectivity index (χ0v) is 18.6. The molecule has 2 aromatic carbocycles. The molecule has 0 amide bonds. The molecule has 0 atom stereocenters. The summed E-state index contributed by atoms with van der Waals surface area (Å²) >= 11 is 6.12. The topological polar surface area (TPSA) is 54.7 Å². The first-order valence-electron chi connectivity index (χ1n) is 9.66. The Morgan fingerprint density at radius 1 is 0.900 bits per heavy atom. The van der Waals surface area contributed by atoms with Gasteiger partial charge in [-0.15, -0.1) is 0 Å². The summed E-state index contributed by atoms with van der Waals surface area (Å²) in [4.78, 5) is 7.82. The molecule has 4 aromatic rings. The number of aromatic nitrogens is 2. The highest BCUT2D eigenvalue weighted by atomic mass is 35.5. The third-order valence-corrected chi connectivity index (χ3v) is 6.12. The molecule has 1 fully saturated rings. The Kier molecular flexibility index (Phi) is 6.68. The number of nitrogens with zero attached hydrogens (tertiary/aromatic N) is 1. The van der Waals surface area contributed by atoms with Gasteiger partial charge in [0.05, 0.1) is 10.9 Å². The van der Waals surface area contributed by atoms with Gasteiger partial charge in [0.2, 0.25) is 11.2 Å². The van der Waals surface area contributed by atoms with Gasteiger partial charge in [0, 0.05) is 24.0 Å². The molecule has 5 rings (SSSR count). The maximum absolute atomic E-state index is 6.12. The van der Waals surface area contributed by atoms with Crippen molar-refractivity contribution in [3.05, 3.63) is 83.6 Å². The first kappa shape index (κ1) is 22.5. The maximum atomic E-state index is 6.12. The van der Waals surface area contributed by atoms with Crippen LogP contribution < -0.4 is 35.5 Å². The first-order chi connectivity index (χ1) is 13.6. The SMILES string of the molecule is [Cl-].[Cl-].[NH3+]C1(c2ccc(-c3[nH+]c4cnc(Cl)cc4cc3-c3ccccc3)cc2)CCC1. The highest BCUT2D eigenvalue weighted by molar-refractivity contribution is 6.30. The molecule has 0 saturated heterocycles. The Hall–Kier alpha value is -2.17. The fraction of sp³-hybridized carbons (Fsp3) is 0.167. The Morgan fingerprint density at radius 2 is 1.60 bits per heavy atom. The van der Waals surface area contributed by atoms with Gasteiger partial charge in [-0.25, -0.2) is 9.97 Å². The molecular weight excluding hydrogens is 437 g/mol. The summed E-state index contributed by atoms with van der Waals surface area (Å²) in [6.45, 7) is 0. The van der Waals surface area contributed by atoms with Crippen LogP contribution >= 0.6 is 11.6 Å². The van der Waals surface area contributed by atoms with Crippen LogP contribution in [0.4, 0.5) is 0 Å². The lowest BCUT2D eigenvalue weighted by Gasteiger charge is -2.34. The summed E-state index contributed by atoms with van der Waals surface area (Å²) in [6.07, 6.45) is 5.42. The minimum absolute atomic E-state index is 0. The van der Waals surface area contributed by atoms with E-state index in [0.29, 0.717) is 5.15 Å². The number of halogens is 3. The lowest BCUT2D eigenvalue weighted by Crippen LogP contribution is -3.00. The Morgan fingerprint density at radius 3 is 2.23 bits per heavy atom. The molecule has 6 heteroatoms. The molecule has 3 nitrogen and oxygen atoms in total. The number of H-pyrrole nitrogens is 1. The van der Waals surface area contributed by atoms with Crippen LogP contribution in [-0.2, 0) is 5.54 Å². The van der Waals surface area contributed by atoms with Crippen LogP contribution in [-0.4, -0.2) is 4.98 Å². The van der Waals surface area contributed by atoms with Crippen molar-refractivity contribution in [1.29, 1.82) is 0 Å². The van der Waals surface area contributed by atoms with Crippen molar-refractivity contribution in [2.75, 3.05) is 0 Å². The van der Waals surface area contributed by atoms with E-state index in [4.69, 9.17) is 11.6 Å².